The lowest BCUT2D eigenvalue weighted by Crippen LogP contribution is -2.52. The number of imide groups is 1. The van der Waals surface area contributed by atoms with E-state index in [0.29, 0.717) is 23.5 Å². The molecule has 35 heavy (non-hydrogen) atoms. The van der Waals surface area contributed by atoms with E-state index in [1.165, 1.54) is 20.7 Å². The molecule has 0 bridgehead atoms. The number of rotatable bonds is 5. The molecule has 1 saturated heterocycles. The van der Waals surface area contributed by atoms with Gasteiger partial charge in [0, 0.05) is 43.9 Å². The monoisotopic (exact) mass is 476 g/mol. The maximum absolute atomic E-state index is 13.1. The van der Waals surface area contributed by atoms with Gasteiger partial charge in [-0.05, 0) is 38.0 Å². The molecule has 1 atom stereocenters. The molecule has 3 aromatic rings. The van der Waals surface area contributed by atoms with Crippen molar-refractivity contribution in [1.82, 2.24) is 35.0 Å². The first-order chi connectivity index (χ1) is 16.7. The molecule has 2 aromatic heterocycles. The van der Waals surface area contributed by atoms with Crippen LogP contribution in [0.2, 0.25) is 0 Å². The van der Waals surface area contributed by atoms with E-state index >= 15 is 0 Å². The number of nitrogens with one attached hydrogen (secondary N) is 1. The highest BCUT2D eigenvalue weighted by molar-refractivity contribution is 6.06. The van der Waals surface area contributed by atoms with E-state index in [9.17, 15) is 19.2 Å². The van der Waals surface area contributed by atoms with E-state index in [1.807, 2.05) is 13.8 Å². The van der Waals surface area contributed by atoms with Crippen molar-refractivity contribution in [3.8, 4) is 5.69 Å². The molecule has 12 nitrogen and oxygen atoms in total. The van der Waals surface area contributed by atoms with Crippen LogP contribution >= 0.6 is 0 Å². The molecule has 0 spiro atoms. The number of carbonyl (C=O) groups excluding carboxylic acids is 4. The summed E-state index contributed by atoms with van der Waals surface area (Å²) >= 11 is 0. The zero-order valence-electron chi connectivity index (χ0n) is 19.5. The van der Waals surface area contributed by atoms with Gasteiger partial charge in [0.15, 0.2) is 11.5 Å². The second kappa shape index (κ2) is 8.46. The topological polar surface area (TPSA) is 135 Å². The van der Waals surface area contributed by atoms with Crippen LogP contribution in [0, 0.1) is 0 Å². The van der Waals surface area contributed by atoms with Crippen molar-refractivity contribution < 1.29 is 19.2 Å². The summed E-state index contributed by atoms with van der Waals surface area (Å²) < 4.78 is 3.19. The molecule has 5 rings (SSSR count). The highest BCUT2D eigenvalue weighted by atomic mass is 16.2. The average molecular weight is 476 g/mol. The lowest BCUT2D eigenvalue weighted by Gasteiger charge is -2.29. The number of amides is 4. The van der Waals surface area contributed by atoms with Crippen molar-refractivity contribution in [2.45, 2.75) is 45.3 Å². The largest absolute Gasteiger partial charge is 0.322 e. The summed E-state index contributed by atoms with van der Waals surface area (Å²) in [7, 11) is 1.62. The molecule has 0 saturated carbocycles. The Hall–Kier alpha value is -4.35. The summed E-state index contributed by atoms with van der Waals surface area (Å²) in [5, 5.41) is 14.8. The summed E-state index contributed by atoms with van der Waals surface area (Å²) in [6.45, 7) is 4.28. The first-order valence-corrected chi connectivity index (χ1v) is 11.3. The van der Waals surface area contributed by atoms with Gasteiger partial charge in [0.25, 0.3) is 11.8 Å². The lowest BCUT2D eigenvalue weighted by atomic mass is 10.0. The van der Waals surface area contributed by atoms with E-state index in [1.54, 1.807) is 42.2 Å². The first-order valence-electron chi connectivity index (χ1n) is 11.3. The molecule has 1 unspecified atom stereocenters. The number of piperidine rings is 1. The van der Waals surface area contributed by atoms with Crippen LogP contribution in [0.1, 0.15) is 59.1 Å². The van der Waals surface area contributed by atoms with Gasteiger partial charge in [-0.1, -0.05) is 11.3 Å². The fourth-order valence-corrected chi connectivity index (χ4v) is 4.24. The summed E-state index contributed by atoms with van der Waals surface area (Å²) in [6.07, 6.45) is 3.80. The molecule has 2 aliphatic heterocycles. The zero-order valence-corrected chi connectivity index (χ0v) is 19.5. The standard InChI is InChI=1S/C23H24N8O4/c1-13(2)30-9-8-19(26-30)28(3)23(35)17-12-31(27-25-17)15-5-4-14-11-29(22(34)16(14)10-15)18-6-7-20(32)24-21(18)33/h4-5,8-10,12-13,18H,6-7,11H2,1-3H3,(H,24,32,33). The van der Waals surface area contributed by atoms with Crippen molar-refractivity contribution >= 4 is 29.4 Å². The quantitative estimate of drug-likeness (QED) is 0.545. The molecule has 2 aliphatic rings. The summed E-state index contributed by atoms with van der Waals surface area (Å²) in [6, 6.07) is 6.48. The minimum absolute atomic E-state index is 0.128. The molecule has 1 N–H and O–H groups in total. The smallest absolute Gasteiger partial charge is 0.281 e. The maximum atomic E-state index is 13.1. The van der Waals surface area contributed by atoms with Gasteiger partial charge >= 0.3 is 0 Å². The van der Waals surface area contributed by atoms with Crippen LogP contribution in [0.15, 0.2) is 36.7 Å². The Labute approximate surface area is 200 Å². The van der Waals surface area contributed by atoms with Crippen LogP contribution in [0.3, 0.4) is 0 Å². The van der Waals surface area contributed by atoms with Crippen LogP contribution in [-0.4, -0.2) is 66.4 Å². The van der Waals surface area contributed by atoms with E-state index in [2.05, 4.69) is 20.7 Å². The van der Waals surface area contributed by atoms with Crippen molar-refractivity contribution in [3.63, 3.8) is 0 Å². The number of benzene rings is 1. The van der Waals surface area contributed by atoms with Crippen LogP contribution in [0.5, 0.6) is 0 Å². The molecule has 1 aromatic carbocycles. The number of nitrogens with zero attached hydrogens (tertiary/aromatic N) is 7. The SMILES string of the molecule is CC(C)n1ccc(N(C)C(=O)c2cn(-c3ccc4c(c3)C(=O)N(C3CCC(=O)NC3=O)C4)nn2)n1. The third-order valence-corrected chi connectivity index (χ3v) is 6.26. The molecule has 12 heteroatoms. The van der Waals surface area contributed by atoms with E-state index in [4.69, 9.17) is 0 Å². The molecule has 0 aliphatic carbocycles. The van der Waals surface area contributed by atoms with Crippen LogP contribution < -0.4 is 10.2 Å². The number of aromatic nitrogens is 5. The van der Waals surface area contributed by atoms with E-state index in [-0.39, 0.29) is 42.4 Å². The highest BCUT2D eigenvalue weighted by Gasteiger charge is 2.39. The van der Waals surface area contributed by atoms with Gasteiger partial charge in [-0.2, -0.15) is 5.10 Å². The predicted octanol–water partition coefficient (Wildman–Crippen LogP) is 1.08. The molecule has 0 radical (unpaired) electrons. The Bertz CT molecular complexity index is 1360. The second-order valence-corrected chi connectivity index (χ2v) is 8.90. The Morgan fingerprint density at radius 2 is 2.00 bits per heavy atom. The van der Waals surface area contributed by atoms with Crippen molar-refractivity contribution in [1.29, 1.82) is 0 Å². The summed E-state index contributed by atoms with van der Waals surface area (Å²) in [4.78, 5) is 52.6. The zero-order chi connectivity index (χ0) is 24.9. The van der Waals surface area contributed by atoms with Gasteiger partial charge in [0.2, 0.25) is 11.8 Å². The number of hydrogen-bond acceptors (Lipinski definition) is 7. The maximum Gasteiger partial charge on any atom is 0.281 e. The van der Waals surface area contributed by atoms with Gasteiger partial charge in [-0.3, -0.25) is 34.1 Å². The first kappa shape index (κ1) is 22.4. The van der Waals surface area contributed by atoms with Crippen molar-refractivity contribution in [2.75, 3.05) is 11.9 Å². The minimum Gasteiger partial charge on any atom is -0.322 e. The van der Waals surface area contributed by atoms with Crippen molar-refractivity contribution in [2.24, 2.45) is 0 Å². The summed E-state index contributed by atoms with van der Waals surface area (Å²) in [5.41, 5.74) is 1.91. The predicted molar refractivity (Wildman–Crippen MR) is 123 cm³/mol. The number of hydrogen-bond donors (Lipinski definition) is 1. The van der Waals surface area contributed by atoms with Crippen molar-refractivity contribution in [3.05, 3.63) is 53.5 Å². The highest BCUT2D eigenvalue weighted by Crippen LogP contribution is 2.29. The minimum atomic E-state index is -0.679. The van der Waals surface area contributed by atoms with Crippen LogP contribution in [-0.2, 0) is 16.1 Å². The molecule has 4 amide bonds. The molecular formula is C23H24N8O4. The fraction of sp³-hybridized carbons (Fsp3) is 0.348. The number of fused-ring (bicyclic) bond motifs is 1. The van der Waals surface area contributed by atoms with Gasteiger partial charge in [-0.25, -0.2) is 4.68 Å². The van der Waals surface area contributed by atoms with Gasteiger partial charge in [0.1, 0.15) is 6.04 Å². The summed E-state index contributed by atoms with van der Waals surface area (Å²) in [5.74, 6) is -0.938. The van der Waals surface area contributed by atoms with Gasteiger partial charge < -0.3 is 4.90 Å². The average Bonchev–Trinajstić information content (AvgIpc) is 3.57. The van der Waals surface area contributed by atoms with Crippen LogP contribution in [0.4, 0.5) is 5.82 Å². The van der Waals surface area contributed by atoms with E-state index in [0.717, 1.165) is 5.56 Å². The van der Waals surface area contributed by atoms with Crippen LogP contribution in [0.25, 0.3) is 5.69 Å². The normalized spacial score (nSPS) is 17.7. The third kappa shape index (κ3) is 3.96. The Morgan fingerprint density at radius 3 is 2.71 bits per heavy atom. The lowest BCUT2D eigenvalue weighted by molar-refractivity contribution is -0.136. The second-order valence-electron chi connectivity index (χ2n) is 8.90. The van der Waals surface area contributed by atoms with E-state index < -0.39 is 11.9 Å². The third-order valence-electron chi connectivity index (χ3n) is 6.26. The Balaban J connectivity index is 1.34. The molecule has 1 fully saturated rings. The molecule has 180 valence electrons. The Morgan fingerprint density at radius 1 is 1.20 bits per heavy atom. The number of carbonyl (C=O) groups is 4. The van der Waals surface area contributed by atoms with Gasteiger partial charge in [-0.15, -0.1) is 5.10 Å². The number of anilines is 1. The molecule has 4 heterocycles. The fourth-order valence-electron chi connectivity index (χ4n) is 4.24. The van der Waals surface area contributed by atoms with Gasteiger partial charge in [0.05, 0.1) is 11.9 Å². The molecular weight excluding hydrogens is 452 g/mol. The Kier molecular flexibility index (Phi) is 5.42.